The minimum absolute atomic E-state index is 0.110. The predicted octanol–water partition coefficient (Wildman–Crippen LogP) is 2.14. The van der Waals surface area contributed by atoms with Crippen LogP contribution in [0.3, 0.4) is 0 Å². The first-order valence-corrected chi connectivity index (χ1v) is 8.77. The average Bonchev–Trinajstić information content (AvgIpc) is 2.48. The summed E-state index contributed by atoms with van der Waals surface area (Å²) in [5, 5.41) is 6.22. The van der Waals surface area contributed by atoms with E-state index >= 15 is 0 Å². The van der Waals surface area contributed by atoms with E-state index in [1.807, 2.05) is 27.7 Å². The van der Waals surface area contributed by atoms with Crippen LogP contribution in [0.25, 0.3) is 0 Å². The third kappa shape index (κ3) is 8.79. The van der Waals surface area contributed by atoms with Gasteiger partial charge in [0.1, 0.15) is 5.60 Å². The summed E-state index contributed by atoms with van der Waals surface area (Å²) in [6.07, 6.45) is 3.24. The molecule has 134 valence electrons. The maximum Gasteiger partial charge on any atom is 0.410 e. The Morgan fingerprint density at radius 1 is 1.17 bits per heavy atom. The summed E-state index contributed by atoms with van der Waals surface area (Å²) in [5.74, 6) is 0.673. The monoisotopic (exact) mass is 327 g/mol. The van der Waals surface area contributed by atoms with Crippen molar-refractivity contribution in [2.75, 3.05) is 32.7 Å². The highest BCUT2D eigenvalue weighted by Gasteiger charge is 2.26. The number of rotatable bonds is 7. The molecule has 0 aromatic rings. The average molecular weight is 327 g/mol. The number of ether oxygens (including phenoxy) is 1. The highest BCUT2D eigenvalue weighted by Crippen LogP contribution is 2.19. The first-order valence-electron chi connectivity index (χ1n) is 8.77. The minimum atomic E-state index is -0.437. The molecule has 0 spiro atoms. The summed E-state index contributed by atoms with van der Waals surface area (Å²) in [6.45, 7) is 11.6. The fraction of sp³-hybridized carbons (Fsp3) is 0.882. The second-order valence-corrected chi connectivity index (χ2v) is 7.21. The van der Waals surface area contributed by atoms with E-state index in [1.165, 1.54) is 0 Å². The van der Waals surface area contributed by atoms with Gasteiger partial charge in [0.15, 0.2) is 0 Å². The lowest BCUT2D eigenvalue weighted by Crippen LogP contribution is -2.43. The summed E-state index contributed by atoms with van der Waals surface area (Å²) < 4.78 is 5.40. The van der Waals surface area contributed by atoms with Gasteiger partial charge < -0.3 is 20.3 Å². The fourth-order valence-corrected chi connectivity index (χ4v) is 2.51. The van der Waals surface area contributed by atoms with Crippen molar-refractivity contribution < 1.29 is 14.3 Å². The molecule has 0 aromatic heterocycles. The van der Waals surface area contributed by atoms with Crippen LogP contribution in [0.1, 0.15) is 53.4 Å². The number of carbonyl (C=O) groups excluding carboxylic acids is 2. The normalized spacial score (nSPS) is 16.3. The van der Waals surface area contributed by atoms with Crippen LogP contribution in [0.2, 0.25) is 0 Å². The molecule has 0 atom stereocenters. The van der Waals surface area contributed by atoms with E-state index in [9.17, 15) is 9.59 Å². The summed E-state index contributed by atoms with van der Waals surface area (Å²) in [5.41, 5.74) is -0.437. The smallest absolute Gasteiger partial charge is 0.410 e. The molecule has 0 aliphatic carbocycles. The van der Waals surface area contributed by atoms with E-state index in [0.29, 0.717) is 18.9 Å². The SMILES string of the molecule is CCCNC(=O)CCNCC1CCN(C(=O)OC(C)(C)C)CC1. The van der Waals surface area contributed by atoms with Gasteiger partial charge in [0.25, 0.3) is 0 Å². The Hall–Kier alpha value is -1.30. The first-order chi connectivity index (χ1) is 10.8. The number of nitrogens with zero attached hydrogens (tertiary/aromatic N) is 1. The Morgan fingerprint density at radius 2 is 1.83 bits per heavy atom. The van der Waals surface area contributed by atoms with Crippen LogP contribution in [0.15, 0.2) is 0 Å². The third-order valence-electron chi connectivity index (χ3n) is 3.80. The van der Waals surface area contributed by atoms with Crippen molar-refractivity contribution in [2.24, 2.45) is 5.92 Å². The molecule has 1 rings (SSSR count). The predicted molar refractivity (Wildman–Crippen MR) is 91.3 cm³/mol. The van der Waals surface area contributed by atoms with Gasteiger partial charge >= 0.3 is 6.09 Å². The molecular weight excluding hydrogens is 294 g/mol. The highest BCUT2D eigenvalue weighted by atomic mass is 16.6. The maximum atomic E-state index is 12.0. The van der Waals surface area contributed by atoms with Crippen molar-refractivity contribution in [3.05, 3.63) is 0 Å². The summed E-state index contributed by atoms with van der Waals surface area (Å²) in [6, 6.07) is 0. The molecule has 0 unspecified atom stereocenters. The van der Waals surface area contributed by atoms with Gasteiger partial charge in [0.2, 0.25) is 5.91 Å². The second kappa shape index (κ2) is 9.75. The number of carbonyl (C=O) groups is 2. The number of likely N-dealkylation sites (tertiary alicyclic amines) is 1. The molecule has 2 amide bonds. The molecule has 0 radical (unpaired) electrons. The van der Waals surface area contributed by atoms with Crippen LogP contribution in [0, 0.1) is 5.92 Å². The number of piperidine rings is 1. The lowest BCUT2D eigenvalue weighted by molar-refractivity contribution is -0.121. The van der Waals surface area contributed by atoms with Gasteiger partial charge in [-0.2, -0.15) is 0 Å². The fourth-order valence-electron chi connectivity index (χ4n) is 2.51. The van der Waals surface area contributed by atoms with E-state index in [4.69, 9.17) is 4.74 Å². The second-order valence-electron chi connectivity index (χ2n) is 7.21. The molecule has 1 aliphatic rings. The van der Waals surface area contributed by atoms with Crippen molar-refractivity contribution in [3.8, 4) is 0 Å². The molecular formula is C17H33N3O3. The Labute approximate surface area is 140 Å². The van der Waals surface area contributed by atoms with Crippen LogP contribution >= 0.6 is 0 Å². The van der Waals surface area contributed by atoms with Gasteiger partial charge in [-0.15, -0.1) is 0 Å². The van der Waals surface area contributed by atoms with Crippen LogP contribution in [0.4, 0.5) is 4.79 Å². The molecule has 0 bridgehead atoms. The van der Waals surface area contributed by atoms with E-state index < -0.39 is 5.60 Å². The van der Waals surface area contributed by atoms with Gasteiger partial charge in [-0.1, -0.05) is 6.92 Å². The lowest BCUT2D eigenvalue weighted by Gasteiger charge is -2.33. The van der Waals surface area contributed by atoms with E-state index in [0.717, 1.165) is 45.4 Å². The molecule has 1 fully saturated rings. The standard InChI is InChI=1S/C17H33N3O3/c1-5-9-19-15(21)6-10-18-13-14-7-11-20(12-8-14)16(22)23-17(2,3)4/h14,18H,5-13H2,1-4H3,(H,19,21). The lowest BCUT2D eigenvalue weighted by atomic mass is 9.97. The molecule has 1 heterocycles. The van der Waals surface area contributed by atoms with Crippen molar-refractivity contribution in [3.63, 3.8) is 0 Å². The Morgan fingerprint density at radius 3 is 2.39 bits per heavy atom. The minimum Gasteiger partial charge on any atom is -0.444 e. The van der Waals surface area contributed by atoms with E-state index in [2.05, 4.69) is 10.6 Å². The van der Waals surface area contributed by atoms with Crippen LogP contribution < -0.4 is 10.6 Å². The Balaban J connectivity index is 2.12. The largest absolute Gasteiger partial charge is 0.444 e. The third-order valence-corrected chi connectivity index (χ3v) is 3.80. The molecule has 2 N–H and O–H groups in total. The van der Waals surface area contributed by atoms with E-state index in [1.54, 1.807) is 4.90 Å². The van der Waals surface area contributed by atoms with Crippen LogP contribution in [0.5, 0.6) is 0 Å². The van der Waals surface area contributed by atoms with Crippen molar-refractivity contribution >= 4 is 12.0 Å². The zero-order valence-corrected chi connectivity index (χ0v) is 15.1. The summed E-state index contributed by atoms with van der Waals surface area (Å²) in [7, 11) is 0. The molecule has 1 aliphatic heterocycles. The molecule has 0 saturated carbocycles. The van der Waals surface area contributed by atoms with Crippen molar-refractivity contribution in [1.82, 2.24) is 15.5 Å². The number of hydrogen-bond acceptors (Lipinski definition) is 4. The van der Waals surface area contributed by atoms with Gasteiger partial charge in [-0.3, -0.25) is 4.79 Å². The maximum absolute atomic E-state index is 12.0. The van der Waals surface area contributed by atoms with Crippen LogP contribution in [-0.4, -0.2) is 55.2 Å². The van der Waals surface area contributed by atoms with Crippen molar-refractivity contribution in [1.29, 1.82) is 0 Å². The highest BCUT2D eigenvalue weighted by molar-refractivity contribution is 5.75. The van der Waals surface area contributed by atoms with E-state index in [-0.39, 0.29) is 12.0 Å². The topological polar surface area (TPSA) is 70.7 Å². The molecule has 23 heavy (non-hydrogen) atoms. The zero-order valence-electron chi connectivity index (χ0n) is 15.1. The summed E-state index contributed by atoms with van der Waals surface area (Å²) >= 11 is 0. The zero-order chi connectivity index (χ0) is 17.3. The Kier molecular flexibility index (Phi) is 8.37. The summed E-state index contributed by atoms with van der Waals surface area (Å²) in [4.78, 5) is 25.3. The van der Waals surface area contributed by atoms with Gasteiger partial charge in [0, 0.05) is 32.6 Å². The first kappa shape index (κ1) is 19.7. The van der Waals surface area contributed by atoms with Gasteiger partial charge in [0.05, 0.1) is 0 Å². The number of nitrogens with one attached hydrogen (secondary N) is 2. The number of amides is 2. The van der Waals surface area contributed by atoms with Crippen LogP contribution in [-0.2, 0) is 9.53 Å². The molecule has 6 nitrogen and oxygen atoms in total. The Bertz CT molecular complexity index is 372. The molecule has 0 aromatic carbocycles. The number of hydrogen-bond donors (Lipinski definition) is 2. The quantitative estimate of drug-likeness (QED) is 0.703. The van der Waals surface area contributed by atoms with Gasteiger partial charge in [-0.05, 0) is 52.5 Å². The van der Waals surface area contributed by atoms with Gasteiger partial charge in [-0.25, -0.2) is 4.79 Å². The molecule has 1 saturated heterocycles. The molecule has 6 heteroatoms. The van der Waals surface area contributed by atoms with Crippen molar-refractivity contribution in [2.45, 2.75) is 59.0 Å².